The van der Waals surface area contributed by atoms with E-state index in [2.05, 4.69) is 19.2 Å². The van der Waals surface area contributed by atoms with Gasteiger partial charge in [-0.05, 0) is 49.3 Å². The van der Waals surface area contributed by atoms with Gasteiger partial charge in [-0.25, -0.2) is 0 Å². The Morgan fingerprint density at radius 1 is 1.19 bits per heavy atom. The van der Waals surface area contributed by atoms with Crippen LogP contribution in [0.1, 0.15) is 49.9 Å². The first-order valence-corrected chi connectivity index (χ1v) is 7.23. The highest BCUT2D eigenvalue weighted by Crippen LogP contribution is 2.39. The lowest BCUT2D eigenvalue weighted by Gasteiger charge is -2.40. The summed E-state index contributed by atoms with van der Waals surface area (Å²) in [5, 5.41) is 32.2. The third-order valence-corrected chi connectivity index (χ3v) is 4.34. The first-order valence-electron chi connectivity index (χ1n) is 7.23. The molecule has 0 unspecified atom stereocenters. The lowest BCUT2D eigenvalue weighted by Crippen LogP contribution is -2.46. The van der Waals surface area contributed by atoms with E-state index in [9.17, 15) is 20.1 Å². The Bertz CT molecular complexity index is 529. The molecule has 5 heteroatoms. The van der Waals surface area contributed by atoms with E-state index in [4.69, 9.17) is 0 Å². The zero-order valence-corrected chi connectivity index (χ0v) is 12.5. The second-order valence-electron chi connectivity index (χ2n) is 6.77. The highest BCUT2D eigenvalue weighted by Gasteiger charge is 2.36. The molecule has 1 aromatic carbocycles. The maximum atomic E-state index is 12.0. The first-order chi connectivity index (χ1) is 9.71. The van der Waals surface area contributed by atoms with Crippen molar-refractivity contribution in [1.29, 1.82) is 0 Å². The quantitative estimate of drug-likeness (QED) is 0.643. The van der Waals surface area contributed by atoms with Gasteiger partial charge >= 0.3 is 0 Å². The molecule has 1 aromatic rings. The summed E-state index contributed by atoms with van der Waals surface area (Å²) >= 11 is 0. The Morgan fingerprint density at radius 3 is 2.43 bits per heavy atom. The van der Waals surface area contributed by atoms with E-state index in [1.54, 1.807) is 0 Å². The van der Waals surface area contributed by atoms with Crippen molar-refractivity contribution < 1.29 is 20.1 Å². The van der Waals surface area contributed by atoms with Gasteiger partial charge in [-0.2, -0.15) is 0 Å². The van der Waals surface area contributed by atoms with Crippen LogP contribution < -0.4 is 5.32 Å². The van der Waals surface area contributed by atoms with Gasteiger partial charge in [0, 0.05) is 6.54 Å². The Balaban J connectivity index is 1.97. The summed E-state index contributed by atoms with van der Waals surface area (Å²) in [4.78, 5) is 12.0. The summed E-state index contributed by atoms with van der Waals surface area (Å²) in [7, 11) is 0. The average molecular weight is 293 g/mol. The Morgan fingerprint density at radius 2 is 1.81 bits per heavy atom. The van der Waals surface area contributed by atoms with Crippen molar-refractivity contribution in [3.05, 3.63) is 23.8 Å². The van der Waals surface area contributed by atoms with Crippen LogP contribution in [0.4, 0.5) is 0 Å². The van der Waals surface area contributed by atoms with Crippen LogP contribution in [-0.4, -0.2) is 33.4 Å². The monoisotopic (exact) mass is 293 g/mol. The van der Waals surface area contributed by atoms with Gasteiger partial charge < -0.3 is 20.6 Å². The molecule has 1 saturated carbocycles. The molecule has 1 aliphatic rings. The number of aromatic hydroxyl groups is 2. The smallest absolute Gasteiger partial charge is 0.255 e. The molecule has 0 bridgehead atoms. The second kappa shape index (κ2) is 5.56. The molecule has 116 valence electrons. The number of hydrogen-bond donors (Lipinski definition) is 4. The largest absolute Gasteiger partial charge is 0.508 e. The maximum Gasteiger partial charge on any atom is 0.255 e. The van der Waals surface area contributed by atoms with Crippen LogP contribution in [0.2, 0.25) is 0 Å². The second-order valence-corrected chi connectivity index (χ2v) is 6.77. The van der Waals surface area contributed by atoms with E-state index in [1.807, 2.05) is 0 Å². The molecule has 4 N–H and O–H groups in total. The predicted molar refractivity (Wildman–Crippen MR) is 79.3 cm³/mol. The van der Waals surface area contributed by atoms with Crippen LogP contribution in [-0.2, 0) is 0 Å². The van der Waals surface area contributed by atoms with Crippen LogP contribution in [0.5, 0.6) is 11.5 Å². The fourth-order valence-corrected chi connectivity index (χ4v) is 2.61. The Labute approximate surface area is 124 Å². The molecular weight excluding hydrogens is 270 g/mol. The number of rotatable bonds is 3. The molecule has 0 heterocycles. The van der Waals surface area contributed by atoms with Crippen LogP contribution in [0, 0.1) is 5.41 Å². The van der Waals surface area contributed by atoms with Gasteiger partial charge in [0.05, 0.1) is 11.2 Å². The summed E-state index contributed by atoms with van der Waals surface area (Å²) < 4.78 is 0. The van der Waals surface area contributed by atoms with E-state index >= 15 is 0 Å². The standard InChI is InChI=1S/C16H23NO4/c1-15(2)5-7-16(21,8-6-15)10-17-14(20)12-9-11(18)3-4-13(12)19/h3-4,9,18-19,21H,5-8,10H2,1-2H3,(H,17,20). The fourth-order valence-electron chi connectivity index (χ4n) is 2.61. The van der Waals surface area contributed by atoms with E-state index < -0.39 is 11.5 Å². The summed E-state index contributed by atoms with van der Waals surface area (Å²) in [6, 6.07) is 3.78. The number of phenolic OH excluding ortho intramolecular Hbond substituents is 2. The molecule has 0 aliphatic heterocycles. The average Bonchev–Trinajstić information content (AvgIpc) is 2.43. The topological polar surface area (TPSA) is 89.8 Å². The zero-order chi connectivity index (χ0) is 15.7. The zero-order valence-electron chi connectivity index (χ0n) is 12.5. The highest BCUT2D eigenvalue weighted by atomic mass is 16.3. The molecule has 2 rings (SSSR count). The van der Waals surface area contributed by atoms with Gasteiger partial charge in [0.15, 0.2) is 0 Å². The molecular formula is C16H23NO4. The van der Waals surface area contributed by atoms with Gasteiger partial charge in [0.25, 0.3) is 5.91 Å². The summed E-state index contributed by atoms with van der Waals surface area (Å²) in [6.07, 6.45) is 3.12. The first kappa shape index (κ1) is 15.6. The lowest BCUT2D eigenvalue weighted by atomic mass is 9.71. The van der Waals surface area contributed by atoms with Crippen LogP contribution in [0.15, 0.2) is 18.2 Å². The van der Waals surface area contributed by atoms with Gasteiger partial charge in [0.1, 0.15) is 11.5 Å². The van der Waals surface area contributed by atoms with Gasteiger partial charge in [-0.1, -0.05) is 13.8 Å². The molecule has 5 nitrogen and oxygen atoms in total. The number of phenols is 2. The van der Waals surface area contributed by atoms with Crippen LogP contribution >= 0.6 is 0 Å². The third kappa shape index (κ3) is 3.88. The molecule has 1 fully saturated rings. The number of aliphatic hydroxyl groups is 1. The summed E-state index contributed by atoms with van der Waals surface area (Å²) in [5.74, 6) is -0.778. The normalized spacial score (nSPS) is 20.0. The molecule has 0 aromatic heterocycles. The van der Waals surface area contributed by atoms with E-state index in [0.717, 1.165) is 12.8 Å². The van der Waals surface area contributed by atoms with Crippen molar-refractivity contribution in [3.63, 3.8) is 0 Å². The molecule has 0 spiro atoms. The van der Waals surface area contributed by atoms with Crippen molar-refractivity contribution in [2.45, 2.75) is 45.1 Å². The number of carbonyl (C=O) groups is 1. The molecule has 1 amide bonds. The highest BCUT2D eigenvalue weighted by molar-refractivity contribution is 5.97. The Hall–Kier alpha value is -1.75. The van der Waals surface area contributed by atoms with Crippen molar-refractivity contribution >= 4 is 5.91 Å². The number of hydrogen-bond acceptors (Lipinski definition) is 4. The minimum Gasteiger partial charge on any atom is -0.508 e. The van der Waals surface area contributed by atoms with E-state index in [-0.39, 0.29) is 29.0 Å². The van der Waals surface area contributed by atoms with Crippen molar-refractivity contribution in [1.82, 2.24) is 5.32 Å². The number of carbonyl (C=O) groups excluding carboxylic acids is 1. The molecule has 0 saturated heterocycles. The Kier molecular flexibility index (Phi) is 4.14. The van der Waals surface area contributed by atoms with E-state index in [1.165, 1.54) is 18.2 Å². The van der Waals surface area contributed by atoms with Crippen LogP contribution in [0.25, 0.3) is 0 Å². The molecule has 1 aliphatic carbocycles. The predicted octanol–water partition coefficient (Wildman–Crippen LogP) is 2.16. The minimum absolute atomic E-state index is 0.00902. The van der Waals surface area contributed by atoms with Crippen molar-refractivity contribution in [3.8, 4) is 11.5 Å². The number of amides is 1. The lowest BCUT2D eigenvalue weighted by molar-refractivity contribution is -0.0233. The van der Waals surface area contributed by atoms with Crippen molar-refractivity contribution in [2.75, 3.05) is 6.54 Å². The van der Waals surface area contributed by atoms with Gasteiger partial charge in [-0.3, -0.25) is 4.79 Å². The summed E-state index contributed by atoms with van der Waals surface area (Å²) in [5.41, 5.74) is -0.646. The van der Waals surface area contributed by atoms with E-state index in [0.29, 0.717) is 12.8 Å². The van der Waals surface area contributed by atoms with Crippen molar-refractivity contribution in [2.24, 2.45) is 5.41 Å². The molecule has 0 atom stereocenters. The van der Waals surface area contributed by atoms with Gasteiger partial charge in [-0.15, -0.1) is 0 Å². The van der Waals surface area contributed by atoms with Crippen LogP contribution in [0.3, 0.4) is 0 Å². The maximum absolute atomic E-state index is 12.0. The SMILES string of the molecule is CC1(C)CCC(O)(CNC(=O)c2cc(O)ccc2O)CC1. The number of nitrogens with one attached hydrogen (secondary N) is 1. The minimum atomic E-state index is -0.891. The molecule has 21 heavy (non-hydrogen) atoms. The third-order valence-electron chi connectivity index (χ3n) is 4.34. The summed E-state index contributed by atoms with van der Waals surface area (Å²) in [6.45, 7) is 4.50. The number of benzene rings is 1. The fraction of sp³-hybridized carbons (Fsp3) is 0.562. The van der Waals surface area contributed by atoms with Gasteiger partial charge in [0.2, 0.25) is 0 Å². The molecule has 0 radical (unpaired) electrons.